The maximum absolute atomic E-state index is 12.6. The molecule has 0 bridgehead atoms. The first-order valence-corrected chi connectivity index (χ1v) is 10.1. The molecule has 15 nitrogen and oxygen atoms in total. The fourth-order valence-corrected chi connectivity index (χ4v) is 3.25. The number of aromatic nitrogens is 4. The van der Waals surface area contributed by atoms with E-state index in [2.05, 4.69) is 25.3 Å². The highest BCUT2D eigenvalue weighted by Gasteiger charge is 2.23. The van der Waals surface area contributed by atoms with Gasteiger partial charge in [0.15, 0.2) is 11.2 Å². The number of hydrogen-bond donors (Lipinski definition) is 3. The summed E-state index contributed by atoms with van der Waals surface area (Å²) in [4.78, 5) is 59.7. The quantitative estimate of drug-likeness (QED) is 0.146. The summed E-state index contributed by atoms with van der Waals surface area (Å²) in [5.41, 5.74) is 5.61. The van der Waals surface area contributed by atoms with E-state index < -0.39 is 38.5 Å². The van der Waals surface area contributed by atoms with E-state index in [4.69, 9.17) is 10.5 Å². The Morgan fingerprint density at radius 3 is 2.61 bits per heavy atom. The Bertz CT molecular complexity index is 1600. The Morgan fingerprint density at radius 1 is 1.14 bits per heavy atom. The number of nitro groups is 2. The molecule has 0 aliphatic rings. The Labute approximate surface area is 200 Å². The number of nitro benzene ring substituents is 2. The van der Waals surface area contributed by atoms with Crippen molar-refractivity contribution >= 4 is 40.1 Å². The van der Waals surface area contributed by atoms with Crippen molar-refractivity contribution in [3.8, 4) is 5.75 Å². The van der Waals surface area contributed by atoms with E-state index in [-0.39, 0.29) is 29.2 Å². The number of non-ortho nitro benzene ring substituents is 1. The summed E-state index contributed by atoms with van der Waals surface area (Å²) in [6.45, 7) is 1.84. The minimum atomic E-state index is -0.873. The molecule has 0 saturated heterocycles. The molecule has 0 radical (unpaired) electrons. The van der Waals surface area contributed by atoms with Gasteiger partial charge in [-0.25, -0.2) is 14.8 Å². The lowest BCUT2D eigenvalue weighted by atomic mass is 10.1. The highest BCUT2D eigenvalue weighted by molar-refractivity contribution is 5.93. The van der Waals surface area contributed by atoms with Crippen LogP contribution in [0.1, 0.15) is 21.6 Å². The number of rotatable bonds is 7. The minimum absolute atomic E-state index is 0.0399. The van der Waals surface area contributed by atoms with Crippen molar-refractivity contribution in [2.24, 2.45) is 0 Å². The number of fused-ring (bicyclic) bond motifs is 1. The van der Waals surface area contributed by atoms with Gasteiger partial charge in [-0.15, -0.1) is 0 Å². The average Bonchev–Trinajstić information content (AvgIpc) is 2.82. The van der Waals surface area contributed by atoms with Crippen LogP contribution in [-0.4, -0.2) is 35.8 Å². The molecule has 15 heteroatoms. The van der Waals surface area contributed by atoms with Gasteiger partial charge in [-0.2, -0.15) is 4.98 Å². The Hall–Kier alpha value is -5.47. The zero-order valence-corrected chi connectivity index (χ0v) is 18.4. The SMILES string of the molecule is Cc1cc(NCc2cnc3nc(N)[nH]c(=O)c3n2)ccc1C(=O)Oc1ccc([N+](=O)[O-])cc1[N+](=O)[O-]. The maximum atomic E-state index is 12.6. The van der Waals surface area contributed by atoms with E-state index in [1.54, 1.807) is 19.1 Å². The molecule has 0 spiro atoms. The summed E-state index contributed by atoms with van der Waals surface area (Å²) in [5.74, 6) is -1.36. The molecule has 0 unspecified atom stereocenters. The van der Waals surface area contributed by atoms with Gasteiger partial charge in [0, 0.05) is 11.8 Å². The van der Waals surface area contributed by atoms with Crippen molar-refractivity contribution in [1.29, 1.82) is 0 Å². The molecular formula is C21H16N8O7. The van der Waals surface area contributed by atoms with Crippen LogP contribution in [-0.2, 0) is 6.54 Å². The molecule has 0 saturated carbocycles. The monoisotopic (exact) mass is 492 g/mol. The molecule has 182 valence electrons. The number of esters is 1. The number of hydrogen-bond acceptors (Lipinski definition) is 12. The second-order valence-corrected chi connectivity index (χ2v) is 7.42. The van der Waals surface area contributed by atoms with Crippen LogP contribution in [0.5, 0.6) is 5.75 Å². The molecule has 2 heterocycles. The van der Waals surface area contributed by atoms with Crippen LogP contribution in [0.3, 0.4) is 0 Å². The highest BCUT2D eigenvalue weighted by atomic mass is 16.6. The lowest BCUT2D eigenvalue weighted by Gasteiger charge is -2.11. The predicted octanol–water partition coefficient (Wildman–Crippen LogP) is 2.25. The number of nitrogens with two attached hydrogens (primary N) is 1. The summed E-state index contributed by atoms with van der Waals surface area (Å²) in [5, 5.41) is 25.2. The summed E-state index contributed by atoms with van der Waals surface area (Å²) >= 11 is 0. The minimum Gasteiger partial charge on any atom is -0.416 e. The summed E-state index contributed by atoms with van der Waals surface area (Å²) in [6.07, 6.45) is 1.44. The summed E-state index contributed by atoms with van der Waals surface area (Å²) in [6, 6.07) is 7.41. The van der Waals surface area contributed by atoms with E-state index >= 15 is 0 Å². The van der Waals surface area contributed by atoms with Crippen molar-refractivity contribution in [3.63, 3.8) is 0 Å². The number of nitrogens with one attached hydrogen (secondary N) is 2. The van der Waals surface area contributed by atoms with Crippen LogP contribution in [0, 0.1) is 27.2 Å². The van der Waals surface area contributed by atoms with Gasteiger partial charge in [-0.3, -0.25) is 30.0 Å². The molecular weight excluding hydrogens is 476 g/mol. The third-order valence-electron chi connectivity index (χ3n) is 4.96. The van der Waals surface area contributed by atoms with Gasteiger partial charge in [0.25, 0.3) is 11.2 Å². The standard InChI is InChI=1S/C21H16N8O7/c1-10-6-11(23-8-12-9-24-18-17(25-12)19(30)27-21(22)26-18)2-4-14(10)20(31)36-16-5-3-13(28(32)33)7-15(16)29(34)35/h2-7,9,23H,8H2,1H3,(H3,22,24,26,27,30). The van der Waals surface area contributed by atoms with Crippen molar-refractivity contribution in [2.45, 2.75) is 13.5 Å². The molecule has 0 amide bonds. The largest absolute Gasteiger partial charge is 0.416 e. The van der Waals surface area contributed by atoms with Crippen LogP contribution in [0.15, 0.2) is 47.4 Å². The smallest absolute Gasteiger partial charge is 0.344 e. The van der Waals surface area contributed by atoms with Crippen LogP contribution < -0.4 is 21.3 Å². The van der Waals surface area contributed by atoms with E-state index in [0.29, 0.717) is 16.9 Å². The number of nitrogen functional groups attached to an aromatic ring is 1. The lowest BCUT2D eigenvalue weighted by Crippen LogP contribution is -2.15. The number of aryl methyl sites for hydroxylation is 1. The van der Waals surface area contributed by atoms with Gasteiger partial charge in [-0.1, -0.05) is 0 Å². The molecule has 2 aromatic heterocycles. The zero-order valence-electron chi connectivity index (χ0n) is 18.4. The third-order valence-corrected chi connectivity index (χ3v) is 4.96. The first kappa shape index (κ1) is 23.7. The number of aromatic amines is 1. The molecule has 0 fully saturated rings. The van der Waals surface area contributed by atoms with Gasteiger partial charge < -0.3 is 15.8 Å². The second-order valence-electron chi connectivity index (χ2n) is 7.42. The molecule has 0 atom stereocenters. The van der Waals surface area contributed by atoms with Gasteiger partial charge in [0.2, 0.25) is 11.7 Å². The van der Waals surface area contributed by atoms with E-state index in [0.717, 1.165) is 18.2 Å². The van der Waals surface area contributed by atoms with E-state index in [1.807, 2.05) is 0 Å². The van der Waals surface area contributed by atoms with Crippen LogP contribution in [0.25, 0.3) is 11.2 Å². The summed E-state index contributed by atoms with van der Waals surface area (Å²) < 4.78 is 5.15. The Morgan fingerprint density at radius 2 is 1.92 bits per heavy atom. The zero-order chi connectivity index (χ0) is 26.0. The topological polar surface area (TPSA) is 222 Å². The number of nitrogens with zero attached hydrogens (tertiary/aromatic N) is 5. The number of ether oxygens (including phenoxy) is 1. The highest BCUT2D eigenvalue weighted by Crippen LogP contribution is 2.32. The summed E-state index contributed by atoms with van der Waals surface area (Å²) in [7, 11) is 0. The molecule has 2 aromatic carbocycles. The normalized spacial score (nSPS) is 10.7. The van der Waals surface area contributed by atoms with E-state index in [1.165, 1.54) is 12.3 Å². The molecule has 4 N–H and O–H groups in total. The van der Waals surface area contributed by atoms with Crippen LogP contribution >= 0.6 is 0 Å². The van der Waals surface area contributed by atoms with Crippen molar-refractivity contribution < 1.29 is 19.4 Å². The number of benzene rings is 2. The first-order chi connectivity index (χ1) is 17.1. The number of carbonyl (C=O) groups excluding carboxylic acids is 1. The fraction of sp³-hybridized carbons (Fsp3) is 0.0952. The third kappa shape index (κ3) is 4.89. The van der Waals surface area contributed by atoms with Crippen LogP contribution in [0.2, 0.25) is 0 Å². The maximum Gasteiger partial charge on any atom is 0.344 e. The number of H-pyrrole nitrogens is 1. The fourth-order valence-electron chi connectivity index (χ4n) is 3.25. The Kier molecular flexibility index (Phi) is 6.19. The molecule has 36 heavy (non-hydrogen) atoms. The van der Waals surface area contributed by atoms with Gasteiger partial charge in [0.05, 0.1) is 39.9 Å². The molecule has 0 aliphatic heterocycles. The van der Waals surface area contributed by atoms with Crippen molar-refractivity contribution in [3.05, 3.63) is 90.0 Å². The van der Waals surface area contributed by atoms with E-state index in [9.17, 15) is 29.8 Å². The second kappa shape index (κ2) is 9.41. The number of anilines is 2. The molecule has 4 rings (SSSR count). The molecule has 4 aromatic rings. The lowest BCUT2D eigenvalue weighted by molar-refractivity contribution is -0.394. The Balaban J connectivity index is 1.49. The number of carbonyl (C=O) groups is 1. The molecule has 0 aliphatic carbocycles. The first-order valence-electron chi connectivity index (χ1n) is 10.1. The van der Waals surface area contributed by atoms with Crippen molar-refractivity contribution in [1.82, 2.24) is 19.9 Å². The van der Waals surface area contributed by atoms with Crippen molar-refractivity contribution in [2.75, 3.05) is 11.1 Å². The van der Waals surface area contributed by atoms with Gasteiger partial charge >= 0.3 is 11.7 Å². The van der Waals surface area contributed by atoms with Gasteiger partial charge in [0.1, 0.15) is 0 Å². The van der Waals surface area contributed by atoms with Crippen LogP contribution in [0.4, 0.5) is 23.0 Å². The van der Waals surface area contributed by atoms with Gasteiger partial charge in [-0.05, 0) is 36.8 Å². The predicted molar refractivity (Wildman–Crippen MR) is 126 cm³/mol. The average molecular weight is 492 g/mol.